The third-order valence-electron chi connectivity index (χ3n) is 4.28. The second kappa shape index (κ2) is 4.89. The van der Waals surface area contributed by atoms with Gasteiger partial charge in [-0.3, -0.25) is 0 Å². The molecular formula is C16H19NOS. The number of benzene rings is 1. The molecule has 1 N–H and O–H groups in total. The monoisotopic (exact) mass is 273 g/mol. The van der Waals surface area contributed by atoms with E-state index in [0.29, 0.717) is 12.0 Å². The van der Waals surface area contributed by atoms with Crippen LogP contribution in [0.15, 0.2) is 29.6 Å². The molecule has 19 heavy (non-hydrogen) atoms. The number of thiophene rings is 1. The van der Waals surface area contributed by atoms with Gasteiger partial charge in [0.05, 0.1) is 6.10 Å². The van der Waals surface area contributed by atoms with Gasteiger partial charge >= 0.3 is 0 Å². The minimum atomic E-state index is 0.294. The van der Waals surface area contributed by atoms with Crippen molar-refractivity contribution >= 4 is 21.4 Å². The van der Waals surface area contributed by atoms with Crippen molar-refractivity contribution in [3.8, 4) is 0 Å². The van der Waals surface area contributed by atoms with Gasteiger partial charge in [0.2, 0.25) is 0 Å². The largest absolute Gasteiger partial charge is 0.373 e. The Morgan fingerprint density at radius 2 is 2.11 bits per heavy atom. The molecule has 2 nitrogen and oxygen atoms in total. The molecule has 2 fully saturated rings. The van der Waals surface area contributed by atoms with E-state index in [-0.39, 0.29) is 0 Å². The highest BCUT2D eigenvalue weighted by molar-refractivity contribution is 7.17. The number of fused-ring (bicyclic) bond motifs is 1. The van der Waals surface area contributed by atoms with Crippen molar-refractivity contribution in [1.29, 1.82) is 0 Å². The van der Waals surface area contributed by atoms with Crippen LogP contribution in [0.25, 0.3) is 10.1 Å². The molecule has 2 atom stereocenters. The Kier molecular flexibility index (Phi) is 3.06. The maximum absolute atomic E-state index is 6.04. The van der Waals surface area contributed by atoms with Crippen molar-refractivity contribution in [2.75, 3.05) is 13.2 Å². The molecule has 1 aromatic carbocycles. The van der Waals surface area contributed by atoms with Gasteiger partial charge < -0.3 is 10.1 Å². The number of rotatable bonds is 4. The third-order valence-corrected chi connectivity index (χ3v) is 5.26. The van der Waals surface area contributed by atoms with E-state index in [9.17, 15) is 0 Å². The van der Waals surface area contributed by atoms with Crippen LogP contribution in [-0.2, 0) is 4.74 Å². The Morgan fingerprint density at radius 1 is 1.21 bits per heavy atom. The van der Waals surface area contributed by atoms with Gasteiger partial charge in [0.25, 0.3) is 0 Å². The lowest BCUT2D eigenvalue weighted by molar-refractivity contribution is 0.0919. The molecule has 0 amide bonds. The van der Waals surface area contributed by atoms with Gasteiger partial charge in [-0.1, -0.05) is 18.2 Å². The molecule has 100 valence electrons. The van der Waals surface area contributed by atoms with E-state index in [0.717, 1.165) is 19.2 Å². The summed E-state index contributed by atoms with van der Waals surface area (Å²) in [6, 6.07) is 9.47. The van der Waals surface area contributed by atoms with E-state index in [4.69, 9.17) is 4.74 Å². The summed E-state index contributed by atoms with van der Waals surface area (Å²) in [6.07, 6.45) is 4.20. The molecule has 0 radical (unpaired) electrons. The Balaban J connectivity index is 1.58. The topological polar surface area (TPSA) is 21.3 Å². The molecule has 1 saturated heterocycles. The zero-order chi connectivity index (χ0) is 12.7. The van der Waals surface area contributed by atoms with Gasteiger partial charge in [-0.25, -0.2) is 0 Å². The summed E-state index contributed by atoms with van der Waals surface area (Å²) >= 11 is 1.84. The number of hydrogen-bond donors (Lipinski definition) is 1. The van der Waals surface area contributed by atoms with Crippen LogP contribution in [0.3, 0.4) is 0 Å². The third kappa shape index (κ3) is 2.31. The SMILES string of the molecule is c1ccc2c(C3OCCC3CNC3CC3)csc2c1. The molecule has 1 saturated carbocycles. The molecule has 0 bridgehead atoms. The molecule has 2 aliphatic rings. The maximum atomic E-state index is 6.04. The van der Waals surface area contributed by atoms with Gasteiger partial charge in [-0.05, 0) is 41.7 Å². The van der Waals surface area contributed by atoms with Crippen molar-refractivity contribution in [3.05, 3.63) is 35.2 Å². The van der Waals surface area contributed by atoms with Crippen LogP contribution < -0.4 is 5.32 Å². The zero-order valence-electron chi connectivity index (χ0n) is 11.0. The normalized spacial score (nSPS) is 27.2. The highest BCUT2D eigenvalue weighted by Crippen LogP contribution is 2.40. The van der Waals surface area contributed by atoms with Crippen molar-refractivity contribution in [1.82, 2.24) is 5.32 Å². The molecule has 2 heterocycles. The maximum Gasteiger partial charge on any atom is 0.0880 e. The lowest BCUT2D eigenvalue weighted by atomic mass is 9.95. The lowest BCUT2D eigenvalue weighted by Crippen LogP contribution is -2.26. The summed E-state index contributed by atoms with van der Waals surface area (Å²) in [6.45, 7) is 2.02. The van der Waals surface area contributed by atoms with Gasteiger partial charge in [0.1, 0.15) is 0 Å². The fraction of sp³-hybridized carbons (Fsp3) is 0.500. The van der Waals surface area contributed by atoms with Gasteiger partial charge in [-0.15, -0.1) is 11.3 Å². The van der Waals surface area contributed by atoms with Crippen LogP contribution in [-0.4, -0.2) is 19.2 Å². The van der Waals surface area contributed by atoms with E-state index in [1.807, 2.05) is 11.3 Å². The van der Waals surface area contributed by atoms with E-state index in [1.165, 1.54) is 34.9 Å². The van der Waals surface area contributed by atoms with Gasteiger partial charge in [0.15, 0.2) is 0 Å². The first-order valence-corrected chi connectivity index (χ1v) is 8.11. The molecule has 4 rings (SSSR count). The van der Waals surface area contributed by atoms with Gasteiger partial charge in [-0.2, -0.15) is 0 Å². The quantitative estimate of drug-likeness (QED) is 0.916. The zero-order valence-corrected chi connectivity index (χ0v) is 11.8. The summed E-state index contributed by atoms with van der Waals surface area (Å²) in [5.41, 5.74) is 1.40. The standard InChI is InChI=1S/C16H19NOS/c1-2-4-15-13(3-1)14(10-19-15)16-11(7-8-18-16)9-17-12-5-6-12/h1-4,10-12,16-17H,5-9H2. The molecule has 2 unspecified atom stereocenters. The summed E-state index contributed by atoms with van der Waals surface area (Å²) in [4.78, 5) is 0. The van der Waals surface area contributed by atoms with Crippen LogP contribution in [0.2, 0.25) is 0 Å². The van der Waals surface area contributed by atoms with Crippen LogP contribution in [0.5, 0.6) is 0 Å². The molecule has 2 aromatic rings. The van der Waals surface area contributed by atoms with E-state index >= 15 is 0 Å². The highest BCUT2D eigenvalue weighted by Gasteiger charge is 2.32. The fourth-order valence-electron chi connectivity index (χ4n) is 3.01. The number of ether oxygens (including phenoxy) is 1. The van der Waals surface area contributed by atoms with E-state index < -0.39 is 0 Å². The molecule has 1 aromatic heterocycles. The van der Waals surface area contributed by atoms with Crippen LogP contribution in [0, 0.1) is 5.92 Å². The van der Waals surface area contributed by atoms with E-state index in [2.05, 4.69) is 35.0 Å². The molecule has 0 spiro atoms. The smallest absolute Gasteiger partial charge is 0.0880 e. The Bertz CT molecular complexity index is 575. The van der Waals surface area contributed by atoms with E-state index in [1.54, 1.807) is 0 Å². The second-order valence-corrected chi connectivity index (χ2v) is 6.62. The van der Waals surface area contributed by atoms with Crippen LogP contribution in [0.1, 0.15) is 30.9 Å². The average Bonchev–Trinajstić information content (AvgIpc) is 3.00. The highest BCUT2D eigenvalue weighted by atomic mass is 32.1. The minimum absolute atomic E-state index is 0.294. The van der Waals surface area contributed by atoms with Crippen LogP contribution >= 0.6 is 11.3 Å². The Labute approximate surface area is 117 Å². The molecule has 3 heteroatoms. The predicted molar refractivity (Wildman–Crippen MR) is 79.6 cm³/mol. The minimum Gasteiger partial charge on any atom is -0.373 e. The first-order chi connectivity index (χ1) is 9.42. The lowest BCUT2D eigenvalue weighted by Gasteiger charge is -2.18. The fourth-order valence-corrected chi connectivity index (χ4v) is 4.00. The molecule has 1 aliphatic carbocycles. The number of hydrogen-bond acceptors (Lipinski definition) is 3. The second-order valence-electron chi connectivity index (χ2n) is 5.71. The van der Waals surface area contributed by atoms with Crippen molar-refractivity contribution in [3.63, 3.8) is 0 Å². The van der Waals surface area contributed by atoms with Crippen molar-refractivity contribution < 1.29 is 4.74 Å². The van der Waals surface area contributed by atoms with Crippen molar-refractivity contribution in [2.24, 2.45) is 5.92 Å². The summed E-state index contributed by atoms with van der Waals surface area (Å²) in [5.74, 6) is 0.638. The molecular weight excluding hydrogens is 254 g/mol. The Hall–Kier alpha value is -0.900. The van der Waals surface area contributed by atoms with Gasteiger partial charge in [0, 0.05) is 29.8 Å². The summed E-state index contributed by atoms with van der Waals surface area (Å²) in [5, 5.41) is 7.34. The first-order valence-electron chi connectivity index (χ1n) is 7.23. The summed E-state index contributed by atoms with van der Waals surface area (Å²) in [7, 11) is 0. The number of nitrogens with one attached hydrogen (secondary N) is 1. The predicted octanol–water partition coefficient (Wildman–Crippen LogP) is 3.73. The molecule has 1 aliphatic heterocycles. The first kappa shape index (κ1) is 11.9. The van der Waals surface area contributed by atoms with Crippen LogP contribution in [0.4, 0.5) is 0 Å². The van der Waals surface area contributed by atoms with Crippen molar-refractivity contribution in [2.45, 2.75) is 31.4 Å². The summed E-state index contributed by atoms with van der Waals surface area (Å²) < 4.78 is 7.41. The average molecular weight is 273 g/mol. The Morgan fingerprint density at radius 3 is 3.00 bits per heavy atom.